The number of aromatic nitrogens is 3. The number of rotatable bonds is 5. The Hall–Kier alpha value is -1.00. The lowest BCUT2D eigenvalue weighted by Crippen LogP contribution is -2.36. The summed E-state index contributed by atoms with van der Waals surface area (Å²) in [6, 6.07) is 1.80. The Bertz CT molecular complexity index is 669. The van der Waals surface area contributed by atoms with Crippen molar-refractivity contribution in [3.8, 4) is 0 Å². The zero-order valence-electron chi connectivity index (χ0n) is 13.1. The van der Waals surface area contributed by atoms with Gasteiger partial charge in [-0.1, -0.05) is 28.4 Å². The highest BCUT2D eigenvalue weighted by Gasteiger charge is 2.09. The van der Waals surface area contributed by atoms with E-state index in [9.17, 15) is 0 Å². The third-order valence-corrected chi connectivity index (χ3v) is 3.78. The minimum absolute atomic E-state index is 0. The van der Waals surface area contributed by atoms with Gasteiger partial charge in [0, 0.05) is 19.3 Å². The highest BCUT2D eigenvalue weighted by molar-refractivity contribution is 14.0. The van der Waals surface area contributed by atoms with Gasteiger partial charge in [-0.25, -0.2) is 4.99 Å². The summed E-state index contributed by atoms with van der Waals surface area (Å²) in [7, 11) is 1.85. The van der Waals surface area contributed by atoms with Crippen LogP contribution in [-0.4, -0.2) is 27.2 Å². The molecule has 2 aromatic rings. The third-order valence-electron chi connectivity index (χ3n) is 2.94. The minimum atomic E-state index is 0. The van der Waals surface area contributed by atoms with E-state index in [0.29, 0.717) is 40.9 Å². The van der Waals surface area contributed by atoms with Crippen molar-refractivity contribution >= 4 is 53.1 Å². The lowest BCUT2D eigenvalue weighted by molar-refractivity contribution is 0.371. The number of aryl methyl sites for hydroxylation is 1. The lowest BCUT2D eigenvalue weighted by atomic mass is 10.4. The normalized spacial score (nSPS) is 11.3. The predicted molar refractivity (Wildman–Crippen MR) is 102 cm³/mol. The molecule has 0 atom stereocenters. The highest BCUT2D eigenvalue weighted by Crippen LogP contribution is 2.25. The van der Waals surface area contributed by atoms with Crippen molar-refractivity contribution in [1.82, 2.24) is 25.3 Å². The summed E-state index contributed by atoms with van der Waals surface area (Å²) in [5.41, 5.74) is 0.917. The summed E-state index contributed by atoms with van der Waals surface area (Å²) in [6.07, 6.45) is 0. The summed E-state index contributed by atoms with van der Waals surface area (Å²) < 4.78 is 6.85. The summed E-state index contributed by atoms with van der Waals surface area (Å²) in [4.78, 5) is 8.62. The van der Waals surface area contributed by atoms with Crippen molar-refractivity contribution in [2.75, 3.05) is 6.54 Å². The van der Waals surface area contributed by atoms with Crippen molar-refractivity contribution < 1.29 is 4.52 Å². The number of hydrogen-bond donors (Lipinski definition) is 2. The molecule has 2 rings (SSSR count). The van der Waals surface area contributed by atoms with Crippen LogP contribution in [0.4, 0.5) is 0 Å². The van der Waals surface area contributed by atoms with Crippen molar-refractivity contribution in [3.05, 3.63) is 33.7 Å². The first-order chi connectivity index (χ1) is 10.5. The highest BCUT2D eigenvalue weighted by atomic mass is 127. The Morgan fingerprint density at radius 1 is 1.39 bits per heavy atom. The predicted octanol–water partition coefficient (Wildman–Crippen LogP) is 2.90. The summed E-state index contributed by atoms with van der Waals surface area (Å²) in [5.74, 6) is 1.76. The maximum atomic E-state index is 6.04. The van der Waals surface area contributed by atoms with Crippen LogP contribution in [0.3, 0.4) is 0 Å². The monoisotopic (exact) mass is 472 g/mol. The summed E-state index contributed by atoms with van der Waals surface area (Å²) >= 11 is 12.0. The second kappa shape index (κ2) is 9.33. The van der Waals surface area contributed by atoms with Gasteiger partial charge in [0.1, 0.15) is 5.15 Å². The Kier molecular flexibility index (Phi) is 8.13. The second-order valence-electron chi connectivity index (χ2n) is 4.62. The summed E-state index contributed by atoms with van der Waals surface area (Å²) in [6.45, 7) is 5.35. The van der Waals surface area contributed by atoms with Gasteiger partial charge < -0.3 is 19.7 Å². The topological polar surface area (TPSA) is 80.3 Å². The van der Waals surface area contributed by atoms with Crippen LogP contribution in [0.2, 0.25) is 10.2 Å². The van der Waals surface area contributed by atoms with E-state index >= 15 is 0 Å². The van der Waals surface area contributed by atoms with Gasteiger partial charge in [-0.05, 0) is 19.9 Å². The van der Waals surface area contributed by atoms with Crippen LogP contribution in [0.15, 0.2) is 15.6 Å². The van der Waals surface area contributed by atoms with Crippen molar-refractivity contribution in [3.63, 3.8) is 0 Å². The molecule has 7 nitrogen and oxygen atoms in total. The Labute approximate surface area is 161 Å². The van der Waals surface area contributed by atoms with E-state index in [1.165, 1.54) is 0 Å². The zero-order chi connectivity index (χ0) is 16.1. The smallest absolute Gasteiger partial charge is 0.246 e. The van der Waals surface area contributed by atoms with Crippen molar-refractivity contribution in [1.29, 1.82) is 0 Å². The van der Waals surface area contributed by atoms with E-state index in [1.807, 2.05) is 14.0 Å². The molecule has 0 amide bonds. The van der Waals surface area contributed by atoms with Gasteiger partial charge in [0.25, 0.3) is 0 Å². The molecule has 0 saturated carbocycles. The van der Waals surface area contributed by atoms with Crippen molar-refractivity contribution in [2.45, 2.75) is 26.9 Å². The van der Waals surface area contributed by atoms with Crippen LogP contribution in [0, 0.1) is 6.92 Å². The van der Waals surface area contributed by atoms with E-state index in [1.54, 1.807) is 17.6 Å². The molecular weight excluding hydrogens is 454 g/mol. The molecule has 0 aliphatic heterocycles. The van der Waals surface area contributed by atoms with Gasteiger partial charge in [-0.15, -0.1) is 24.0 Å². The fourth-order valence-corrected chi connectivity index (χ4v) is 2.23. The van der Waals surface area contributed by atoms with Gasteiger partial charge in [-0.2, -0.15) is 4.98 Å². The maximum Gasteiger partial charge on any atom is 0.246 e. The van der Waals surface area contributed by atoms with Crippen LogP contribution in [-0.2, 0) is 20.1 Å². The van der Waals surface area contributed by atoms with Gasteiger partial charge in [0.2, 0.25) is 5.89 Å². The van der Waals surface area contributed by atoms with Gasteiger partial charge >= 0.3 is 0 Å². The number of halogens is 3. The van der Waals surface area contributed by atoms with E-state index < -0.39 is 0 Å². The Morgan fingerprint density at radius 2 is 2.13 bits per heavy atom. The van der Waals surface area contributed by atoms with Gasteiger partial charge in [0.15, 0.2) is 11.8 Å². The van der Waals surface area contributed by atoms with E-state index in [-0.39, 0.29) is 24.0 Å². The Balaban J connectivity index is 0.00000264. The molecule has 0 aromatic carbocycles. The molecule has 0 saturated heterocycles. The number of aliphatic imine (C=N–C) groups is 1. The molecule has 0 fully saturated rings. The fraction of sp³-hybridized carbons (Fsp3) is 0.462. The molecule has 2 heterocycles. The van der Waals surface area contributed by atoms with E-state index in [0.717, 1.165) is 12.2 Å². The number of guanidine groups is 1. The average molecular weight is 473 g/mol. The van der Waals surface area contributed by atoms with Crippen LogP contribution < -0.4 is 10.6 Å². The molecule has 0 bridgehead atoms. The van der Waals surface area contributed by atoms with Gasteiger partial charge in [-0.3, -0.25) is 0 Å². The molecule has 2 N–H and O–H groups in total. The average Bonchev–Trinajstić information content (AvgIpc) is 3.01. The molecule has 23 heavy (non-hydrogen) atoms. The number of hydrogen-bond acceptors (Lipinski definition) is 4. The first kappa shape index (κ1) is 20.0. The van der Waals surface area contributed by atoms with E-state index in [4.69, 9.17) is 27.7 Å². The molecule has 10 heteroatoms. The summed E-state index contributed by atoms with van der Waals surface area (Å²) in [5, 5.41) is 11.0. The molecule has 128 valence electrons. The Morgan fingerprint density at radius 3 is 2.65 bits per heavy atom. The van der Waals surface area contributed by atoms with Crippen LogP contribution in [0.25, 0.3) is 0 Å². The van der Waals surface area contributed by atoms with E-state index in [2.05, 4.69) is 25.8 Å². The quantitative estimate of drug-likeness (QED) is 0.397. The third kappa shape index (κ3) is 5.54. The first-order valence-electron chi connectivity index (χ1n) is 6.82. The second-order valence-corrected chi connectivity index (χ2v) is 5.38. The lowest BCUT2D eigenvalue weighted by Gasteiger charge is -2.09. The molecule has 0 aliphatic carbocycles. The number of nitrogens with one attached hydrogen (secondary N) is 2. The van der Waals surface area contributed by atoms with Gasteiger partial charge in [0.05, 0.1) is 18.1 Å². The molecule has 2 aromatic heterocycles. The fourth-order valence-electron chi connectivity index (χ4n) is 1.81. The molecule has 0 unspecified atom stereocenters. The minimum Gasteiger partial charge on any atom is -0.357 e. The van der Waals surface area contributed by atoms with Crippen molar-refractivity contribution in [2.24, 2.45) is 12.0 Å². The van der Waals surface area contributed by atoms with Crippen LogP contribution in [0.1, 0.15) is 24.3 Å². The molecule has 0 aliphatic rings. The maximum absolute atomic E-state index is 6.04. The largest absolute Gasteiger partial charge is 0.357 e. The first-order valence-corrected chi connectivity index (χ1v) is 7.57. The molecule has 0 spiro atoms. The van der Waals surface area contributed by atoms with Crippen LogP contribution in [0.5, 0.6) is 0 Å². The number of nitrogens with zero attached hydrogens (tertiary/aromatic N) is 4. The van der Waals surface area contributed by atoms with Crippen LogP contribution >= 0.6 is 47.2 Å². The standard InChI is InChI=1S/C13H18Cl2N6O.HI/c1-4-16-13(18-7-11-19-8(2)20-22-11)17-6-9-5-10(14)12(15)21(9)3;/h5H,4,6-7H2,1-3H3,(H2,16,17,18);1H. The SMILES string of the molecule is CCNC(=NCc1cc(Cl)c(Cl)n1C)NCc1nc(C)no1.I. The zero-order valence-corrected chi connectivity index (χ0v) is 16.9. The molecule has 0 radical (unpaired) electrons. The molecular formula is C13H19Cl2IN6O.